The first-order valence-electron chi connectivity index (χ1n) is 5.93. The molecule has 0 spiro atoms. The highest BCUT2D eigenvalue weighted by molar-refractivity contribution is 7.91. The maximum Gasteiger partial charge on any atom is 0.255 e. The predicted octanol–water partition coefficient (Wildman–Crippen LogP) is 0.150. The van der Waals surface area contributed by atoms with E-state index in [1.54, 1.807) is 24.3 Å². The van der Waals surface area contributed by atoms with Gasteiger partial charge in [-0.2, -0.15) is 0 Å². The summed E-state index contributed by atoms with van der Waals surface area (Å²) in [5, 5.41) is 3.16. The van der Waals surface area contributed by atoms with Crippen molar-refractivity contribution in [3.63, 3.8) is 0 Å². The van der Waals surface area contributed by atoms with Crippen LogP contribution in [0.3, 0.4) is 0 Å². The number of anilines is 1. The van der Waals surface area contributed by atoms with E-state index in [-0.39, 0.29) is 24.2 Å². The predicted molar refractivity (Wildman–Crippen MR) is 71.8 cm³/mol. The molecule has 6 nitrogen and oxygen atoms in total. The number of hydrogen-bond donors (Lipinski definition) is 2. The molecule has 19 heavy (non-hydrogen) atoms. The van der Waals surface area contributed by atoms with Gasteiger partial charge in [-0.25, -0.2) is 8.42 Å². The third kappa shape index (κ3) is 4.13. The smallest absolute Gasteiger partial charge is 0.255 e. The van der Waals surface area contributed by atoms with Crippen molar-refractivity contribution in [3.8, 4) is 5.75 Å². The molecule has 0 aliphatic carbocycles. The topological polar surface area (TPSA) is 98.5 Å². The Morgan fingerprint density at radius 1 is 1.37 bits per heavy atom. The van der Waals surface area contributed by atoms with Crippen LogP contribution in [-0.4, -0.2) is 38.5 Å². The number of nitrogens with one attached hydrogen (secondary N) is 1. The van der Waals surface area contributed by atoms with Crippen molar-refractivity contribution in [2.24, 2.45) is 5.73 Å². The van der Waals surface area contributed by atoms with Gasteiger partial charge in [-0.05, 0) is 30.7 Å². The van der Waals surface area contributed by atoms with Crippen molar-refractivity contribution < 1.29 is 17.9 Å². The quantitative estimate of drug-likeness (QED) is 0.802. The average molecular weight is 284 g/mol. The first kappa shape index (κ1) is 13.7. The van der Waals surface area contributed by atoms with E-state index in [0.29, 0.717) is 12.2 Å². The van der Waals surface area contributed by atoms with Gasteiger partial charge in [0, 0.05) is 11.7 Å². The number of carbonyl (C=O) groups is 1. The Hall–Kier alpha value is -1.76. The number of rotatable bonds is 5. The Bertz CT molecular complexity index is 554. The minimum absolute atomic E-state index is 0.0395. The lowest BCUT2D eigenvalue weighted by Gasteiger charge is -2.12. The van der Waals surface area contributed by atoms with E-state index in [2.05, 4.69) is 5.32 Å². The van der Waals surface area contributed by atoms with Gasteiger partial charge in [0.15, 0.2) is 16.4 Å². The highest BCUT2D eigenvalue weighted by Crippen LogP contribution is 2.20. The molecule has 1 saturated heterocycles. The molecule has 1 aromatic rings. The molecule has 2 rings (SSSR count). The summed E-state index contributed by atoms with van der Waals surface area (Å²) >= 11 is 0. The average Bonchev–Trinajstić information content (AvgIpc) is 2.68. The van der Waals surface area contributed by atoms with Crippen molar-refractivity contribution in [2.75, 3.05) is 23.4 Å². The van der Waals surface area contributed by atoms with Crippen molar-refractivity contribution in [1.82, 2.24) is 0 Å². The van der Waals surface area contributed by atoms with Crippen LogP contribution in [0.25, 0.3) is 0 Å². The molecule has 0 radical (unpaired) electrons. The summed E-state index contributed by atoms with van der Waals surface area (Å²) in [6.45, 7) is -0.159. The fourth-order valence-corrected chi connectivity index (χ4v) is 3.62. The third-order valence-corrected chi connectivity index (χ3v) is 4.61. The molecule has 1 fully saturated rings. The Labute approximate surface area is 111 Å². The van der Waals surface area contributed by atoms with Crippen LogP contribution in [0.1, 0.15) is 6.42 Å². The molecule has 7 heteroatoms. The molecule has 1 aromatic carbocycles. The number of primary amides is 1. The SMILES string of the molecule is NC(=O)COc1ccc(NC2CCS(=O)(=O)C2)cc1. The van der Waals surface area contributed by atoms with Crippen molar-refractivity contribution >= 4 is 21.4 Å². The summed E-state index contributed by atoms with van der Waals surface area (Å²) in [5.41, 5.74) is 5.80. The van der Waals surface area contributed by atoms with Crippen LogP contribution in [0, 0.1) is 0 Å². The fraction of sp³-hybridized carbons (Fsp3) is 0.417. The lowest BCUT2D eigenvalue weighted by Crippen LogP contribution is -2.21. The van der Waals surface area contributed by atoms with Gasteiger partial charge < -0.3 is 15.8 Å². The molecule has 1 aliphatic heterocycles. The van der Waals surface area contributed by atoms with E-state index in [1.807, 2.05) is 0 Å². The fourth-order valence-electron chi connectivity index (χ4n) is 1.95. The van der Waals surface area contributed by atoms with Crippen LogP contribution in [0.5, 0.6) is 5.75 Å². The second-order valence-corrected chi connectivity index (χ2v) is 6.75. The zero-order valence-corrected chi connectivity index (χ0v) is 11.2. The van der Waals surface area contributed by atoms with E-state index in [4.69, 9.17) is 10.5 Å². The Morgan fingerprint density at radius 3 is 2.58 bits per heavy atom. The standard InChI is InChI=1S/C12H16N2O4S/c13-12(15)7-18-11-3-1-9(2-4-11)14-10-5-6-19(16,17)8-10/h1-4,10,14H,5-8H2,(H2,13,15). The third-order valence-electron chi connectivity index (χ3n) is 2.84. The molecule has 0 aromatic heterocycles. The first-order valence-corrected chi connectivity index (χ1v) is 7.75. The van der Waals surface area contributed by atoms with E-state index in [1.165, 1.54) is 0 Å². The van der Waals surface area contributed by atoms with Gasteiger partial charge in [-0.3, -0.25) is 4.79 Å². The molecule has 3 N–H and O–H groups in total. The minimum Gasteiger partial charge on any atom is -0.484 e. The lowest BCUT2D eigenvalue weighted by molar-refractivity contribution is -0.119. The Kier molecular flexibility index (Phi) is 3.94. The first-order chi connectivity index (χ1) is 8.94. The number of hydrogen-bond acceptors (Lipinski definition) is 5. The highest BCUT2D eigenvalue weighted by Gasteiger charge is 2.27. The largest absolute Gasteiger partial charge is 0.484 e. The van der Waals surface area contributed by atoms with Crippen molar-refractivity contribution in [1.29, 1.82) is 0 Å². The molecule has 1 heterocycles. The summed E-state index contributed by atoms with van der Waals surface area (Å²) in [6.07, 6.45) is 0.627. The molecule has 1 atom stereocenters. The van der Waals surface area contributed by atoms with Crippen molar-refractivity contribution in [2.45, 2.75) is 12.5 Å². The van der Waals surface area contributed by atoms with Gasteiger partial charge in [0.1, 0.15) is 5.75 Å². The second-order valence-electron chi connectivity index (χ2n) is 4.52. The number of carbonyl (C=O) groups excluding carboxylic acids is 1. The Morgan fingerprint density at radius 2 is 2.05 bits per heavy atom. The number of sulfone groups is 1. The van der Waals surface area contributed by atoms with E-state index in [0.717, 1.165) is 5.69 Å². The molecule has 0 bridgehead atoms. The summed E-state index contributed by atoms with van der Waals surface area (Å²) in [4.78, 5) is 10.6. The summed E-state index contributed by atoms with van der Waals surface area (Å²) in [6, 6.07) is 6.92. The maximum atomic E-state index is 11.3. The zero-order valence-electron chi connectivity index (χ0n) is 10.3. The summed E-state index contributed by atoms with van der Waals surface area (Å²) in [5.74, 6) is 0.430. The van der Waals surface area contributed by atoms with Crippen LogP contribution in [0.4, 0.5) is 5.69 Å². The normalized spacial score (nSPS) is 20.9. The van der Waals surface area contributed by atoms with E-state index in [9.17, 15) is 13.2 Å². The number of amides is 1. The van der Waals surface area contributed by atoms with Gasteiger partial charge >= 0.3 is 0 Å². The van der Waals surface area contributed by atoms with Gasteiger partial charge in [-0.1, -0.05) is 0 Å². The van der Waals surface area contributed by atoms with Crippen LogP contribution in [0.15, 0.2) is 24.3 Å². The lowest BCUT2D eigenvalue weighted by atomic mass is 10.2. The van der Waals surface area contributed by atoms with Gasteiger partial charge in [0.25, 0.3) is 5.91 Å². The highest BCUT2D eigenvalue weighted by atomic mass is 32.2. The number of nitrogens with two attached hydrogens (primary N) is 1. The minimum atomic E-state index is -2.88. The van der Waals surface area contributed by atoms with Crippen LogP contribution >= 0.6 is 0 Å². The molecule has 1 aliphatic rings. The van der Waals surface area contributed by atoms with Crippen LogP contribution < -0.4 is 15.8 Å². The van der Waals surface area contributed by atoms with Gasteiger partial charge in [0.2, 0.25) is 0 Å². The van der Waals surface area contributed by atoms with Gasteiger partial charge in [0.05, 0.1) is 11.5 Å². The van der Waals surface area contributed by atoms with Crippen LogP contribution in [0.2, 0.25) is 0 Å². The van der Waals surface area contributed by atoms with Crippen molar-refractivity contribution in [3.05, 3.63) is 24.3 Å². The van der Waals surface area contributed by atoms with E-state index >= 15 is 0 Å². The molecular formula is C12H16N2O4S. The zero-order chi connectivity index (χ0) is 13.9. The number of ether oxygens (including phenoxy) is 1. The molecule has 1 unspecified atom stereocenters. The van der Waals surface area contributed by atoms with Gasteiger partial charge in [-0.15, -0.1) is 0 Å². The monoisotopic (exact) mass is 284 g/mol. The molecule has 104 valence electrons. The summed E-state index contributed by atoms with van der Waals surface area (Å²) < 4.78 is 27.8. The van der Waals surface area contributed by atoms with Crippen LogP contribution in [-0.2, 0) is 14.6 Å². The Balaban J connectivity index is 1.90. The maximum absolute atomic E-state index is 11.3. The summed E-state index contributed by atoms with van der Waals surface area (Å²) in [7, 11) is -2.88. The molecule has 1 amide bonds. The number of benzene rings is 1. The van der Waals surface area contributed by atoms with E-state index < -0.39 is 15.7 Å². The second kappa shape index (κ2) is 5.48. The molecular weight excluding hydrogens is 268 g/mol. The molecule has 0 saturated carbocycles.